The number of hydrogen-bond acceptors (Lipinski definition) is 2. The van der Waals surface area contributed by atoms with Gasteiger partial charge < -0.3 is 5.73 Å². The maximum absolute atomic E-state index is 5.92. The second-order valence-corrected chi connectivity index (χ2v) is 4.67. The van der Waals surface area contributed by atoms with E-state index in [2.05, 4.69) is 30.9 Å². The second-order valence-electron chi connectivity index (χ2n) is 4.67. The van der Waals surface area contributed by atoms with Crippen molar-refractivity contribution < 1.29 is 0 Å². The van der Waals surface area contributed by atoms with Gasteiger partial charge in [0.1, 0.15) is 0 Å². The summed E-state index contributed by atoms with van der Waals surface area (Å²) in [6, 6.07) is 6.19. The van der Waals surface area contributed by atoms with Gasteiger partial charge in [-0.1, -0.05) is 23.8 Å². The molecule has 2 nitrogen and oxygen atoms in total. The highest BCUT2D eigenvalue weighted by molar-refractivity contribution is 5.49. The molecule has 0 radical (unpaired) electrons. The number of hydrogen-bond donors (Lipinski definition) is 1. The predicted octanol–water partition coefficient (Wildman–Crippen LogP) is 2.73. The molecule has 1 aromatic carbocycles. The highest BCUT2D eigenvalue weighted by Gasteiger charge is 2.11. The Morgan fingerprint density at radius 1 is 1.31 bits per heavy atom. The van der Waals surface area contributed by atoms with Crippen molar-refractivity contribution >= 4 is 5.69 Å². The van der Waals surface area contributed by atoms with Crippen LogP contribution >= 0.6 is 0 Å². The van der Waals surface area contributed by atoms with E-state index in [1.54, 1.807) is 0 Å². The van der Waals surface area contributed by atoms with Crippen LogP contribution in [0.5, 0.6) is 0 Å². The first-order valence-corrected chi connectivity index (χ1v) is 5.89. The molecule has 0 amide bonds. The van der Waals surface area contributed by atoms with Gasteiger partial charge in [-0.3, -0.25) is 4.90 Å². The lowest BCUT2D eigenvalue weighted by Crippen LogP contribution is -2.28. The number of nitrogens with zero attached hydrogens (tertiary/aromatic N) is 1. The van der Waals surface area contributed by atoms with Crippen molar-refractivity contribution in [2.75, 3.05) is 18.8 Å². The fraction of sp³-hybridized carbons (Fsp3) is 0.429. The van der Waals surface area contributed by atoms with Gasteiger partial charge >= 0.3 is 0 Å². The fourth-order valence-corrected chi connectivity index (χ4v) is 2.07. The predicted molar refractivity (Wildman–Crippen MR) is 69.2 cm³/mol. The minimum Gasteiger partial charge on any atom is -0.399 e. The highest BCUT2D eigenvalue weighted by Crippen LogP contribution is 2.19. The lowest BCUT2D eigenvalue weighted by atomic mass is 10.0. The first-order chi connectivity index (χ1) is 7.66. The Bertz CT molecular complexity index is 407. The van der Waals surface area contributed by atoms with Crippen molar-refractivity contribution in [3.8, 4) is 0 Å². The normalized spacial score (nSPS) is 17.2. The summed E-state index contributed by atoms with van der Waals surface area (Å²) in [7, 11) is 0. The van der Waals surface area contributed by atoms with E-state index < -0.39 is 0 Å². The van der Waals surface area contributed by atoms with Crippen LogP contribution in [0.2, 0.25) is 0 Å². The summed E-state index contributed by atoms with van der Waals surface area (Å²) in [4.78, 5) is 2.47. The molecule has 16 heavy (non-hydrogen) atoms. The van der Waals surface area contributed by atoms with E-state index in [0.717, 1.165) is 25.3 Å². The molecule has 1 aromatic rings. The first-order valence-electron chi connectivity index (χ1n) is 5.89. The van der Waals surface area contributed by atoms with Gasteiger partial charge in [0.25, 0.3) is 0 Å². The van der Waals surface area contributed by atoms with Gasteiger partial charge in [-0.2, -0.15) is 0 Å². The maximum atomic E-state index is 5.92. The van der Waals surface area contributed by atoms with E-state index in [-0.39, 0.29) is 0 Å². The van der Waals surface area contributed by atoms with Gasteiger partial charge in [0.15, 0.2) is 0 Å². The molecule has 0 unspecified atom stereocenters. The molecule has 0 fully saturated rings. The Kier molecular flexibility index (Phi) is 3.30. The van der Waals surface area contributed by atoms with Crippen LogP contribution in [0, 0.1) is 6.92 Å². The molecule has 2 heteroatoms. The molecular formula is C14H20N2. The summed E-state index contributed by atoms with van der Waals surface area (Å²) in [6.07, 6.45) is 3.52. The zero-order valence-electron chi connectivity index (χ0n) is 10.2. The van der Waals surface area contributed by atoms with Crippen molar-refractivity contribution in [1.82, 2.24) is 4.90 Å². The molecule has 0 saturated heterocycles. The van der Waals surface area contributed by atoms with E-state index >= 15 is 0 Å². The van der Waals surface area contributed by atoms with Crippen LogP contribution in [0.25, 0.3) is 0 Å². The Labute approximate surface area is 97.8 Å². The summed E-state index contributed by atoms with van der Waals surface area (Å²) >= 11 is 0. The average molecular weight is 216 g/mol. The minimum atomic E-state index is 0.904. The molecular weight excluding hydrogens is 196 g/mol. The topological polar surface area (TPSA) is 29.3 Å². The Hall–Kier alpha value is -1.28. The molecule has 1 heterocycles. The Balaban J connectivity index is 2.07. The molecule has 0 saturated carbocycles. The summed E-state index contributed by atoms with van der Waals surface area (Å²) in [5.41, 5.74) is 10.9. The van der Waals surface area contributed by atoms with E-state index in [1.807, 2.05) is 12.1 Å². The molecule has 0 aliphatic carbocycles. The number of nitrogens with two attached hydrogens (primary N) is 1. The van der Waals surface area contributed by atoms with Gasteiger partial charge in [0, 0.05) is 25.3 Å². The summed E-state index contributed by atoms with van der Waals surface area (Å²) in [6.45, 7) is 7.57. The molecule has 1 aliphatic rings. The van der Waals surface area contributed by atoms with Crippen molar-refractivity contribution in [1.29, 1.82) is 0 Å². The fourth-order valence-electron chi connectivity index (χ4n) is 2.07. The highest BCUT2D eigenvalue weighted by atomic mass is 15.1. The molecule has 86 valence electrons. The van der Waals surface area contributed by atoms with Crippen LogP contribution in [0.3, 0.4) is 0 Å². The monoisotopic (exact) mass is 216 g/mol. The molecule has 2 rings (SSSR count). The summed E-state index contributed by atoms with van der Waals surface area (Å²) < 4.78 is 0. The lowest BCUT2D eigenvalue weighted by molar-refractivity contribution is 0.285. The quantitative estimate of drug-likeness (QED) is 0.608. The third-order valence-corrected chi connectivity index (χ3v) is 3.40. The van der Waals surface area contributed by atoms with Crippen LogP contribution in [0.15, 0.2) is 29.8 Å². The van der Waals surface area contributed by atoms with Gasteiger partial charge in [-0.15, -0.1) is 0 Å². The standard InChI is InChI=1S/C14H20N2/c1-11-6-8-16(9-7-11)10-13-4-3-5-14(15)12(13)2/h3-6H,7-10,15H2,1-2H3. The van der Waals surface area contributed by atoms with Crippen LogP contribution in [-0.2, 0) is 6.54 Å². The minimum absolute atomic E-state index is 0.904. The molecule has 0 spiro atoms. The third kappa shape index (κ3) is 2.45. The number of nitrogen functional groups attached to an aromatic ring is 1. The van der Waals surface area contributed by atoms with Crippen LogP contribution < -0.4 is 5.73 Å². The van der Waals surface area contributed by atoms with Crippen molar-refractivity contribution in [2.45, 2.75) is 26.8 Å². The zero-order chi connectivity index (χ0) is 11.5. The van der Waals surface area contributed by atoms with Gasteiger partial charge in [-0.05, 0) is 37.5 Å². The van der Waals surface area contributed by atoms with Crippen molar-refractivity contribution in [3.63, 3.8) is 0 Å². The number of benzene rings is 1. The molecule has 0 atom stereocenters. The third-order valence-electron chi connectivity index (χ3n) is 3.40. The van der Waals surface area contributed by atoms with Crippen molar-refractivity contribution in [3.05, 3.63) is 41.0 Å². The number of anilines is 1. The zero-order valence-corrected chi connectivity index (χ0v) is 10.2. The van der Waals surface area contributed by atoms with Gasteiger partial charge in [-0.25, -0.2) is 0 Å². The Morgan fingerprint density at radius 2 is 2.12 bits per heavy atom. The Morgan fingerprint density at radius 3 is 2.81 bits per heavy atom. The second kappa shape index (κ2) is 4.71. The summed E-state index contributed by atoms with van der Waals surface area (Å²) in [5, 5.41) is 0. The van der Waals surface area contributed by atoms with E-state index in [9.17, 15) is 0 Å². The SMILES string of the molecule is CC1=CCN(Cc2cccc(N)c2C)CC1. The van der Waals surface area contributed by atoms with Crippen molar-refractivity contribution in [2.24, 2.45) is 0 Å². The van der Waals surface area contributed by atoms with Gasteiger partial charge in [0.2, 0.25) is 0 Å². The molecule has 2 N–H and O–H groups in total. The molecule has 0 bridgehead atoms. The van der Waals surface area contributed by atoms with E-state index in [1.165, 1.54) is 23.1 Å². The van der Waals surface area contributed by atoms with E-state index in [0.29, 0.717) is 0 Å². The smallest absolute Gasteiger partial charge is 0.0346 e. The average Bonchev–Trinajstić information content (AvgIpc) is 2.28. The van der Waals surface area contributed by atoms with Crippen LogP contribution in [0.4, 0.5) is 5.69 Å². The maximum Gasteiger partial charge on any atom is 0.0346 e. The van der Waals surface area contributed by atoms with E-state index in [4.69, 9.17) is 5.73 Å². The first kappa shape index (κ1) is 11.2. The molecule has 1 aliphatic heterocycles. The van der Waals surface area contributed by atoms with Crippen LogP contribution in [0.1, 0.15) is 24.5 Å². The lowest BCUT2D eigenvalue weighted by Gasteiger charge is -2.26. The van der Waals surface area contributed by atoms with Crippen LogP contribution in [-0.4, -0.2) is 18.0 Å². The van der Waals surface area contributed by atoms with Gasteiger partial charge in [0.05, 0.1) is 0 Å². The molecule has 0 aromatic heterocycles. The number of rotatable bonds is 2. The largest absolute Gasteiger partial charge is 0.399 e. The summed E-state index contributed by atoms with van der Waals surface area (Å²) in [5.74, 6) is 0.